The lowest BCUT2D eigenvalue weighted by Gasteiger charge is -2.10. The van der Waals surface area contributed by atoms with E-state index < -0.39 is 19.3 Å². The van der Waals surface area contributed by atoms with Crippen LogP contribution in [0.2, 0.25) is 5.02 Å². The van der Waals surface area contributed by atoms with Gasteiger partial charge in [0.2, 0.25) is 5.65 Å². The van der Waals surface area contributed by atoms with Gasteiger partial charge in [-0.15, -0.1) is 10.2 Å². The number of imidazole rings is 1. The van der Waals surface area contributed by atoms with Gasteiger partial charge in [0.1, 0.15) is 12.0 Å². The number of hydrogen-bond donors (Lipinski definition) is 3. The van der Waals surface area contributed by atoms with Crippen molar-refractivity contribution < 1.29 is 14.4 Å². The van der Waals surface area contributed by atoms with E-state index in [-0.39, 0.29) is 11.5 Å². The van der Waals surface area contributed by atoms with E-state index in [4.69, 9.17) is 11.6 Å². The van der Waals surface area contributed by atoms with E-state index in [1.807, 2.05) is 0 Å². The molecule has 3 heterocycles. The zero-order valence-corrected chi connectivity index (χ0v) is 14.0. The Morgan fingerprint density at radius 3 is 2.76 bits per heavy atom. The molecular weight excluding hydrogens is 371 g/mol. The Kier molecular flexibility index (Phi) is 3.51. The summed E-state index contributed by atoms with van der Waals surface area (Å²) in [4.78, 5) is 37.3. The van der Waals surface area contributed by atoms with Crippen LogP contribution in [0.25, 0.3) is 22.4 Å². The Hall–Kier alpha value is -2.52. The summed E-state index contributed by atoms with van der Waals surface area (Å²) in [6.45, 7) is 0. The second-order valence-electron chi connectivity index (χ2n) is 5.34. The average molecular weight is 381 g/mol. The minimum absolute atomic E-state index is 0.0154. The molecule has 1 aromatic carbocycles. The predicted molar refractivity (Wildman–Crippen MR) is 89.0 cm³/mol. The first-order chi connectivity index (χ1) is 11.8. The van der Waals surface area contributed by atoms with Crippen LogP contribution in [0.15, 0.2) is 35.6 Å². The van der Waals surface area contributed by atoms with Crippen LogP contribution in [0.3, 0.4) is 0 Å². The molecule has 3 N–H and O–H groups in total. The van der Waals surface area contributed by atoms with E-state index in [9.17, 15) is 19.1 Å². The number of nitrogens with zero attached hydrogens (tertiary/aromatic N) is 5. The van der Waals surface area contributed by atoms with Crippen molar-refractivity contribution in [1.29, 1.82) is 0 Å². The van der Waals surface area contributed by atoms with Crippen molar-refractivity contribution in [1.82, 2.24) is 29.1 Å². The Balaban J connectivity index is 2.10. The van der Waals surface area contributed by atoms with Crippen molar-refractivity contribution in [2.45, 2.75) is 6.16 Å². The van der Waals surface area contributed by atoms with Crippen LogP contribution < -0.4 is 5.56 Å². The predicted octanol–water partition coefficient (Wildman–Crippen LogP) is 1.09. The van der Waals surface area contributed by atoms with Crippen LogP contribution >= 0.6 is 19.2 Å². The molecule has 0 aliphatic carbocycles. The number of rotatable bonds is 3. The van der Waals surface area contributed by atoms with Crippen molar-refractivity contribution in [3.05, 3.63) is 52.1 Å². The third kappa shape index (κ3) is 2.75. The lowest BCUT2D eigenvalue weighted by Crippen LogP contribution is -2.12. The van der Waals surface area contributed by atoms with Crippen molar-refractivity contribution in [3.8, 4) is 5.69 Å². The number of hydrogen-bond acceptors (Lipinski definition) is 5. The van der Waals surface area contributed by atoms with E-state index in [1.54, 1.807) is 35.4 Å². The van der Waals surface area contributed by atoms with Gasteiger partial charge in [-0.2, -0.15) is 0 Å². The lowest BCUT2D eigenvalue weighted by molar-refractivity contribution is 0.370. The summed E-state index contributed by atoms with van der Waals surface area (Å²) in [7, 11) is -4.40. The highest BCUT2D eigenvalue weighted by atomic mass is 35.5. The first-order valence-electron chi connectivity index (χ1n) is 6.96. The summed E-state index contributed by atoms with van der Waals surface area (Å²) in [6.07, 6.45) is 4.19. The Labute approximate surface area is 143 Å². The number of benzene rings is 1. The summed E-state index contributed by atoms with van der Waals surface area (Å²) < 4.78 is 14.4. The molecule has 3 aromatic heterocycles. The molecule has 10 nitrogen and oxygen atoms in total. The topological polar surface area (TPSA) is 138 Å². The van der Waals surface area contributed by atoms with Crippen molar-refractivity contribution >= 4 is 35.9 Å². The minimum Gasteiger partial charge on any atom is -0.324 e. The maximum Gasteiger partial charge on any atom is 0.333 e. The normalized spacial score (nSPS) is 12.3. The van der Waals surface area contributed by atoms with Crippen LogP contribution in [0.4, 0.5) is 0 Å². The van der Waals surface area contributed by atoms with E-state index in [0.717, 1.165) is 0 Å². The number of aromatic nitrogens is 6. The second kappa shape index (κ2) is 5.50. The molecule has 0 bridgehead atoms. The summed E-state index contributed by atoms with van der Waals surface area (Å²) in [5.41, 5.74) is 0.823. The quantitative estimate of drug-likeness (QED) is 0.452. The second-order valence-corrected chi connectivity index (χ2v) is 7.40. The van der Waals surface area contributed by atoms with E-state index in [1.165, 1.54) is 4.40 Å². The van der Waals surface area contributed by atoms with Gasteiger partial charge in [-0.3, -0.25) is 13.8 Å². The van der Waals surface area contributed by atoms with Crippen LogP contribution in [-0.2, 0) is 10.7 Å². The number of aromatic amines is 1. The standard InChI is InChI=1S/C13H10ClN6O4P/c14-7-3-8-10(4-9(7)19-2-1-15-6-19)20-11(5-25(22,23)24)17-18-12(20)13(21)16-8/h1-4,6H,5H2,(H,16,21)(H2,22,23,24). The molecule has 4 rings (SSSR count). The van der Waals surface area contributed by atoms with Crippen molar-refractivity contribution in [2.75, 3.05) is 0 Å². The first-order valence-corrected chi connectivity index (χ1v) is 9.13. The van der Waals surface area contributed by atoms with Gasteiger partial charge in [-0.25, -0.2) is 4.98 Å². The average Bonchev–Trinajstić information content (AvgIpc) is 3.16. The third-order valence-corrected chi connectivity index (χ3v) is 4.61. The van der Waals surface area contributed by atoms with Crippen LogP contribution in [-0.4, -0.2) is 38.9 Å². The summed E-state index contributed by atoms with van der Waals surface area (Å²) in [6, 6.07) is 3.21. The smallest absolute Gasteiger partial charge is 0.324 e. The summed E-state index contributed by atoms with van der Waals surface area (Å²) in [5.74, 6) is -0.0154. The number of fused-ring (bicyclic) bond motifs is 3. The number of H-pyrrole nitrogens is 1. The fraction of sp³-hybridized carbons (Fsp3) is 0.0769. The zero-order chi connectivity index (χ0) is 17.8. The minimum atomic E-state index is -4.40. The molecule has 4 aromatic rings. The third-order valence-electron chi connectivity index (χ3n) is 3.62. The zero-order valence-electron chi connectivity index (χ0n) is 12.4. The summed E-state index contributed by atoms with van der Waals surface area (Å²) in [5, 5.41) is 7.86. The number of halogens is 1. The van der Waals surface area contributed by atoms with Gasteiger partial charge in [-0.1, -0.05) is 11.6 Å². The summed E-state index contributed by atoms with van der Waals surface area (Å²) >= 11 is 6.28. The molecule has 0 fully saturated rings. The van der Waals surface area contributed by atoms with Crippen molar-refractivity contribution in [2.24, 2.45) is 0 Å². The Morgan fingerprint density at radius 1 is 1.28 bits per heavy atom. The molecule has 0 amide bonds. The monoisotopic (exact) mass is 380 g/mol. The highest BCUT2D eigenvalue weighted by Gasteiger charge is 2.22. The molecule has 0 saturated carbocycles. The highest BCUT2D eigenvalue weighted by Crippen LogP contribution is 2.38. The molecule has 12 heteroatoms. The molecule has 0 saturated heterocycles. The van der Waals surface area contributed by atoms with Gasteiger partial charge in [0.05, 0.1) is 28.1 Å². The maximum absolute atomic E-state index is 12.2. The largest absolute Gasteiger partial charge is 0.333 e. The van der Waals surface area contributed by atoms with E-state index in [2.05, 4.69) is 20.2 Å². The van der Waals surface area contributed by atoms with Gasteiger partial charge >= 0.3 is 7.60 Å². The molecule has 128 valence electrons. The van der Waals surface area contributed by atoms with Crippen LogP contribution in [0, 0.1) is 0 Å². The van der Waals surface area contributed by atoms with Gasteiger partial charge in [-0.05, 0) is 12.1 Å². The molecular formula is C13H10ClN6O4P. The van der Waals surface area contributed by atoms with Gasteiger partial charge in [0.25, 0.3) is 5.56 Å². The van der Waals surface area contributed by atoms with Gasteiger partial charge < -0.3 is 19.3 Å². The number of nitrogens with one attached hydrogen (secondary N) is 1. The van der Waals surface area contributed by atoms with Crippen LogP contribution in [0.1, 0.15) is 5.82 Å². The molecule has 0 aliphatic rings. The SMILES string of the molecule is O=c1[nH]c2cc(Cl)c(-n3ccnc3)cc2n2c(CP(=O)(O)O)nnc12. The highest BCUT2D eigenvalue weighted by molar-refractivity contribution is 7.50. The molecule has 25 heavy (non-hydrogen) atoms. The van der Waals surface area contributed by atoms with Gasteiger partial charge in [0.15, 0.2) is 0 Å². The first kappa shape index (κ1) is 16.0. The molecule has 0 radical (unpaired) electrons. The van der Waals surface area contributed by atoms with Crippen molar-refractivity contribution in [3.63, 3.8) is 0 Å². The van der Waals surface area contributed by atoms with E-state index in [0.29, 0.717) is 21.7 Å². The Morgan fingerprint density at radius 2 is 2.08 bits per heavy atom. The molecule has 0 unspecified atom stereocenters. The molecule has 0 atom stereocenters. The van der Waals surface area contributed by atoms with E-state index >= 15 is 0 Å². The van der Waals surface area contributed by atoms with Crippen LogP contribution in [0.5, 0.6) is 0 Å². The molecule has 0 aliphatic heterocycles. The fourth-order valence-corrected chi connectivity index (χ4v) is 3.45. The Bertz CT molecular complexity index is 1210. The maximum atomic E-state index is 12.2. The van der Waals surface area contributed by atoms with Gasteiger partial charge in [0, 0.05) is 12.4 Å². The fourth-order valence-electron chi connectivity index (χ4n) is 2.62. The molecule has 0 spiro atoms. The lowest BCUT2D eigenvalue weighted by atomic mass is 10.2.